The number of carbonyl (C=O) groups excluding carboxylic acids is 1. The summed E-state index contributed by atoms with van der Waals surface area (Å²) in [4.78, 5) is 11.8. The second-order valence-electron chi connectivity index (χ2n) is 4.36. The molecule has 0 spiro atoms. The van der Waals surface area contributed by atoms with Crippen LogP contribution in [0.1, 0.15) is 11.1 Å². The van der Waals surface area contributed by atoms with Crippen LogP contribution in [0.15, 0.2) is 42.5 Å². The van der Waals surface area contributed by atoms with Gasteiger partial charge in [0.2, 0.25) is 0 Å². The summed E-state index contributed by atoms with van der Waals surface area (Å²) in [6, 6.07) is 11.2. The Morgan fingerprint density at radius 2 is 1.86 bits per heavy atom. The van der Waals surface area contributed by atoms with Crippen molar-refractivity contribution in [3.8, 4) is 11.8 Å². The number of carbonyl (C=O) groups is 1. The number of Topliss-reactive ketones (excluding diaryl/α,β-unsaturated/α-hetero) is 1. The van der Waals surface area contributed by atoms with Crippen LogP contribution >= 0.6 is 0 Å². The quantitative estimate of drug-likeness (QED) is 0.849. The van der Waals surface area contributed by atoms with Crippen LogP contribution in [-0.2, 0) is 11.2 Å². The molecule has 21 heavy (non-hydrogen) atoms. The number of benzene rings is 2. The van der Waals surface area contributed by atoms with E-state index in [2.05, 4.69) is 0 Å². The van der Waals surface area contributed by atoms with Gasteiger partial charge in [0.05, 0.1) is 0 Å². The molecular weight excluding hydrogens is 276 g/mol. The first kappa shape index (κ1) is 14.7. The van der Waals surface area contributed by atoms with Crippen molar-refractivity contribution in [3.63, 3.8) is 0 Å². The summed E-state index contributed by atoms with van der Waals surface area (Å²) in [5, 5.41) is 8.84. The smallest absolute Gasteiger partial charge is 0.174 e. The predicted octanol–water partition coefficient (Wildman–Crippen LogP) is 3.03. The van der Waals surface area contributed by atoms with Crippen molar-refractivity contribution in [2.24, 2.45) is 0 Å². The standard InChI is InChI=1S/C16H11F2NO2/c17-12-6-4-11(5-7-12)8-13(20)10-21-16-3-1-2-15(18)14(16)9-19/h1-7H,8,10H2. The summed E-state index contributed by atoms with van der Waals surface area (Å²) in [6.07, 6.45) is 0.0808. The first-order valence-electron chi connectivity index (χ1n) is 6.17. The molecule has 0 radical (unpaired) electrons. The Kier molecular flexibility index (Phi) is 4.62. The van der Waals surface area contributed by atoms with E-state index in [-0.39, 0.29) is 35.9 Å². The number of hydrogen-bond acceptors (Lipinski definition) is 3. The maximum absolute atomic E-state index is 13.3. The van der Waals surface area contributed by atoms with Crippen molar-refractivity contribution in [1.82, 2.24) is 0 Å². The monoisotopic (exact) mass is 287 g/mol. The highest BCUT2D eigenvalue weighted by Gasteiger charge is 2.11. The van der Waals surface area contributed by atoms with Gasteiger partial charge in [0.1, 0.15) is 35.6 Å². The third-order valence-corrected chi connectivity index (χ3v) is 2.79. The van der Waals surface area contributed by atoms with Crippen molar-refractivity contribution in [3.05, 3.63) is 65.2 Å². The lowest BCUT2D eigenvalue weighted by Crippen LogP contribution is -2.14. The molecule has 0 unspecified atom stereocenters. The van der Waals surface area contributed by atoms with Crippen LogP contribution < -0.4 is 4.74 Å². The van der Waals surface area contributed by atoms with Crippen LogP contribution in [0.2, 0.25) is 0 Å². The van der Waals surface area contributed by atoms with Gasteiger partial charge in [-0.05, 0) is 29.8 Å². The van der Waals surface area contributed by atoms with E-state index < -0.39 is 5.82 Å². The Morgan fingerprint density at radius 3 is 2.52 bits per heavy atom. The summed E-state index contributed by atoms with van der Waals surface area (Å²) < 4.78 is 31.3. The number of nitriles is 1. The van der Waals surface area contributed by atoms with Gasteiger partial charge in [0.25, 0.3) is 0 Å². The van der Waals surface area contributed by atoms with Gasteiger partial charge in [-0.15, -0.1) is 0 Å². The SMILES string of the molecule is N#Cc1c(F)cccc1OCC(=O)Cc1ccc(F)cc1. The summed E-state index contributed by atoms with van der Waals surface area (Å²) in [7, 11) is 0. The zero-order valence-electron chi connectivity index (χ0n) is 11.0. The highest BCUT2D eigenvalue weighted by molar-refractivity contribution is 5.82. The average molecular weight is 287 g/mol. The van der Waals surface area contributed by atoms with Gasteiger partial charge in [-0.1, -0.05) is 18.2 Å². The molecule has 0 saturated heterocycles. The molecule has 0 aliphatic carbocycles. The molecule has 0 heterocycles. The van der Waals surface area contributed by atoms with Crippen molar-refractivity contribution >= 4 is 5.78 Å². The molecule has 0 aliphatic heterocycles. The number of halogens is 2. The Morgan fingerprint density at radius 1 is 1.14 bits per heavy atom. The molecule has 0 fully saturated rings. The fraction of sp³-hybridized carbons (Fsp3) is 0.125. The molecule has 0 aromatic heterocycles. The highest BCUT2D eigenvalue weighted by atomic mass is 19.1. The topological polar surface area (TPSA) is 50.1 Å². The molecule has 0 amide bonds. The molecule has 3 nitrogen and oxygen atoms in total. The Bertz CT molecular complexity index is 690. The number of ketones is 1. The van der Waals surface area contributed by atoms with E-state index >= 15 is 0 Å². The van der Waals surface area contributed by atoms with Crippen LogP contribution in [-0.4, -0.2) is 12.4 Å². The van der Waals surface area contributed by atoms with Gasteiger partial charge in [0.15, 0.2) is 5.78 Å². The average Bonchev–Trinajstić information content (AvgIpc) is 2.47. The molecule has 2 aromatic carbocycles. The number of rotatable bonds is 5. The largest absolute Gasteiger partial charge is 0.484 e. The number of nitrogens with zero attached hydrogens (tertiary/aromatic N) is 1. The van der Waals surface area contributed by atoms with E-state index in [0.29, 0.717) is 5.56 Å². The highest BCUT2D eigenvalue weighted by Crippen LogP contribution is 2.20. The molecule has 0 saturated carbocycles. The minimum absolute atomic E-state index is 0.0324. The van der Waals surface area contributed by atoms with Crippen molar-refractivity contribution in [1.29, 1.82) is 5.26 Å². The van der Waals surface area contributed by atoms with E-state index in [1.54, 1.807) is 6.07 Å². The van der Waals surface area contributed by atoms with Gasteiger partial charge < -0.3 is 4.74 Å². The third kappa shape index (κ3) is 3.86. The molecule has 0 N–H and O–H groups in total. The Hall–Kier alpha value is -2.74. The molecular formula is C16H11F2NO2. The molecule has 0 atom stereocenters. The summed E-state index contributed by atoms with van der Waals surface area (Å²) in [5.41, 5.74) is 0.428. The van der Waals surface area contributed by atoms with E-state index in [4.69, 9.17) is 10.00 Å². The molecule has 106 valence electrons. The van der Waals surface area contributed by atoms with E-state index in [1.165, 1.54) is 36.4 Å². The zero-order chi connectivity index (χ0) is 15.2. The fourth-order valence-corrected chi connectivity index (χ4v) is 1.77. The fourth-order valence-electron chi connectivity index (χ4n) is 1.77. The lowest BCUT2D eigenvalue weighted by Gasteiger charge is -2.07. The lowest BCUT2D eigenvalue weighted by molar-refractivity contribution is -0.120. The van der Waals surface area contributed by atoms with Gasteiger partial charge >= 0.3 is 0 Å². The predicted molar refractivity (Wildman–Crippen MR) is 71.7 cm³/mol. The van der Waals surface area contributed by atoms with E-state index in [0.717, 1.165) is 6.07 Å². The number of hydrogen-bond donors (Lipinski definition) is 0. The minimum Gasteiger partial charge on any atom is -0.484 e. The van der Waals surface area contributed by atoms with Crippen LogP contribution in [0.4, 0.5) is 8.78 Å². The maximum atomic E-state index is 13.3. The molecule has 0 aliphatic rings. The van der Waals surface area contributed by atoms with Gasteiger partial charge in [-0.3, -0.25) is 4.79 Å². The maximum Gasteiger partial charge on any atom is 0.174 e. The third-order valence-electron chi connectivity index (χ3n) is 2.79. The van der Waals surface area contributed by atoms with Gasteiger partial charge in [0, 0.05) is 6.42 Å². The summed E-state index contributed by atoms with van der Waals surface area (Å²) >= 11 is 0. The second-order valence-corrected chi connectivity index (χ2v) is 4.36. The first-order valence-corrected chi connectivity index (χ1v) is 6.17. The minimum atomic E-state index is -0.694. The number of ether oxygens (including phenoxy) is 1. The van der Waals surface area contributed by atoms with Crippen LogP contribution in [0.5, 0.6) is 5.75 Å². The van der Waals surface area contributed by atoms with Crippen LogP contribution in [0.25, 0.3) is 0 Å². The molecule has 0 bridgehead atoms. The van der Waals surface area contributed by atoms with E-state index in [9.17, 15) is 13.6 Å². The first-order chi connectivity index (χ1) is 10.1. The normalized spacial score (nSPS) is 9.95. The molecule has 2 aromatic rings. The van der Waals surface area contributed by atoms with Crippen molar-refractivity contribution in [2.75, 3.05) is 6.61 Å². The molecule has 5 heteroatoms. The van der Waals surface area contributed by atoms with E-state index in [1.807, 2.05) is 0 Å². The van der Waals surface area contributed by atoms with Crippen LogP contribution in [0.3, 0.4) is 0 Å². The van der Waals surface area contributed by atoms with Gasteiger partial charge in [-0.25, -0.2) is 8.78 Å². The summed E-state index contributed by atoms with van der Waals surface area (Å²) in [6.45, 7) is -0.282. The van der Waals surface area contributed by atoms with Crippen molar-refractivity contribution < 1.29 is 18.3 Å². The molecule has 2 rings (SSSR count). The van der Waals surface area contributed by atoms with Crippen molar-refractivity contribution in [2.45, 2.75) is 6.42 Å². The summed E-state index contributed by atoms with van der Waals surface area (Å²) in [5.74, 6) is -1.29. The second kappa shape index (κ2) is 6.62. The van der Waals surface area contributed by atoms with Crippen LogP contribution in [0, 0.1) is 23.0 Å². The Balaban J connectivity index is 1.97. The Labute approximate surface area is 120 Å². The lowest BCUT2D eigenvalue weighted by atomic mass is 10.1. The van der Waals surface area contributed by atoms with Gasteiger partial charge in [-0.2, -0.15) is 5.26 Å². The zero-order valence-corrected chi connectivity index (χ0v) is 11.0.